The van der Waals surface area contributed by atoms with Crippen molar-refractivity contribution in [1.29, 1.82) is 0 Å². The molecule has 0 saturated carbocycles. The summed E-state index contributed by atoms with van der Waals surface area (Å²) in [6.07, 6.45) is 4.95. The van der Waals surface area contributed by atoms with Crippen LogP contribution in [0.2, 0.25) is 0 Å². The van der Waals surface area contributed by atoms with Crippen LogP contribution in [-0.4, -0.2) is 159 Å². The molecule has 1 atom stereocenters. The molecule has 0 bridgehead atoms. The number of aromatic nitrogens is 5. The van der Waals surface area contributed by atoms with Crippen molar-refractivity contribution in [1.82, 2.24) is 45.0 Å². The van der Waals surface area contributed by atoms with Crippen LogP contribution >= 0.6 is 22.7 Å². The van der Waals surface area contributed by atoms with Crippen LogP contribution in [0.3, 0.4) is 0 Å². The third kappa shape index (κ3) is 14.3. The Morgan fingerprint density at radius 2 is 1.67 bits per heavy atom. The van der Waals surface area contributed by atoms with Crippen LogP contribution in [0, 0.1) is 17.7 Å². The minimum absolute atomic E-state index is 0.0300. The fourth-order valence-corrected chi connectivity index (χ4v) is 12.7. The van der Waals surface area contributed by atoms with E-state index in [1.165, 1.54) is 28.7 Å². The van der Waals surface area contributed by atoms with Crippen LogP contribution in [0.1, 0.15) is 101 Å². The summed E-state index contributed by atoms with van der Waals surface area (Å²) in [6.45, 7) is 9.43. The second-order valence-electron chi connectivity index (χ2n) is 21.1. The number of carboxylic acid groups (broad SMARTS) is 1. The first-order valence-corrected chi connectivity index (χ1v) is 30.3. The molecular weight excluding hydrogens is 1160 g/mol. The Bertz CT molecular complexity index is 3800. The van der Waals surface area contributed by atoms with Crippen LogP contribution in [0.25, 0.3) is 10.2 Å². The summed E-state index contributed by atoms with van der Waals surface area (Å²) in [5.74, 6) is 3.06. The van der Waals surface area contributed by atoms with Gasteiger partial charge in [0.05, 0.1) is 67.1 Å². The highest BCUT2D eigenvalue weighted by atomic mass is 32.1. The lowest BCUT2D eigenvalue weighted by molar-refractivity contribution is -0.133. The molecule has 4 aliphatic heterocycles. The number of nitrogens with one attached hydrogen (secondary N) is 2. The third-order valence-corrected chi connectivity index (χ3v) is 17.3. The Kier molecular flexibility index (Phi) is 19.0. The summed E-state index contributed by atoms with van der Waals surface area (Å²) in [5, 5.41) is 25.1. The van der Waals surface area contributed by atoms with Crippen molar-refractivity contribution in [3.8, 4) is 23.3 Å². The highest BCUT2D eigenvalue weighted by Crippen LogP contribution is 2.36. The maximum atomic E-state index is 15.2. The van der Waals surface area contributed by atoms with Crippen LogP contribution < -0.4 is 25.0 Å². The molecular formula is C62H62FN11O11S2. The van der Waals surface area contributed by atoms with Gasteiger partial charge in [0.15, 0.2) is 27.5 Å². The first-order valence-electron chi connectivity index (χ1n) is 28.7. The van der Waals surface area contributed by atoms with Gasteiger partial charge in [-0.05, 0) is 98.2 Å². The fraction of sp³-hybridized carbons (Fsp3) is 0.355. The van der Waals surface area contributed by atoms with Crippen molar-refractivity contribution in [2.75, 3.05) is 82.5 Å². The number of nitrogens with zero attached hydrogens (tertiary/aromatic N) is 9. The second-order valence-corrected chi connectivity index (χ2v) is 23.2. The SMILES string of the molecule is C=C1CCC(N2C(=O)c3cccc(OCCOCCOCc4cn(CCCC(=O)N5CCN(CC#Cc6ccc(OCCCc7sc(N8CCc9cccc(C(=O)Nc%10nc%11ccccc%11s%10)c9C8)nc7C(=O)O)c(F)c6)CC5)nn4)c3C2=O)C(=O)N1. The van der Waals surface area contributed by atoms with Crippen molar-refractivity contribution in [2.45, 2.75) is 70.7 Å². The van der Waals surface area contributed by atoms with E-state index in [-0.39, 0.29) is 79.8 Å². The second kappa shape index (κ2) is 27.6. The van der Waals surface area contributed by atoms with Gasteiger partial charge >= 0.3 is 5.97 Å². The van der Waals surface area contributed by atoms with Gasteiger partial charge in [-0.15, -0.1) is 16.4 Å². The van der Waals surface area contributed by atoms with E-state index in [9.17, 15) is 33.9 Å². The van der Waals surface area contributed by atoms with Crippen LogP contribution in [0.4, 0.5) is 14.7 Å². The largest absolute Gasteiger partial charge is 0.491 e. The lowest BCUT2D eigenvalue weighted by Crippen LogP contribution is -2.51. The van der Waals surface area contributed by atoms with Crippen molar-refractivity contribution >= 4 is 78.7 Å². The molecule has 3 aromatic heterocycles. The Labute approximate surface area is 507 Å². The van der Waals surface area contributed by atoms with Crippen LogP contribution in [0.5, 0.6) is 11.5 Å². The summed E-state index contributed by atoms with van der Waals surface area (Å²) >= 11 is 2.71. The highest BCUT2D eigenvalue weighted by molar-refractivity contribution is 7.22. The highest BCUT2D eigenvalue weighted by Gasteiger charge is 2.45. The number of hydrogen-bond donors (Lipinski definition) is 3. The molecule has 0 aliphatic carbocycles. The van der Waals surface area contributed by atoms with Gasteiger partial charge in [-0.1, -0.05) is 65.3 Å². The molecule has 3 N–H and O–H groups in total. The molecule has 2 saturated heterocycles. The molecule has 5 amide bonds. The minimum atomic E-state index is -1.13. The first kappa shape index (κ1) is 59.8. The van der Waals surface area contributed by atoms with E-state index in [2.05, 4.69) is 54.2 Å². The number of allylic oxidation sites excluding steroid dienone is 1. The number of hydrogen-bond acceptors (Lipinski definition) is 18. The Morgan fingerprint density at radius 3 is 2.49 bits per heavy atom. The van der Waals surface area contributed by atoms with E-state index in [1.807, 2.05) is 46.2 Å². The number of carboxylic acids is 1. The summed E-state index contributed by atoms with van der Waals surface area (Å²) in [6, 6.07) is 21.8. The van der Waals surface area contributed by atoms with E-state index >= 15 is 4.39 Å². The van der Waals surface area contributed by atoms with E-state index in [4.69, 9.17) is 18.9 Å². The predicted molar refractivity (Wildman–Crippen MR) is 320 cm³/mol. The molecule has 1 unspecified atom stereocenters. The number of anilines is 2. The van der Waals surface area contributed by atoms with E-state index < -0.39 is 35.5 Å². The smallest absolute Gasteiger partial charge is 0.355 e. The molecule has 25 heteroatoms. The normalized spacial score (nSPS) is 15.9. The Balaban J connectivity index is 0.544. The van der Waals surface area contributed by atoms with Gasteiger partial charge in [0.25, 0.3) is 17.7 Å². The number of carbonyl (C=O) groups is 6. The van der Waals surface area contributed by atoms with Crippen LogP contribution in [0.15, 0.2) is 97.3 Å². The zero-order valence-electron chi connectivity index (χ0n) is 47.5. The molecule has 22 nitrogen and oxygen atoms in total. The third-order valence-electron chi connectivity index (χ3n) is 15.2. The number of amides is 5. The van der Waals surface area contributed by atoms with Gasteiger partial charge in [0.1, 0.15) is 24.1 Å². The number of thiazole rings is 2. The molecule has 11 rings (SSSR count). The van der Waals surface area contributed by atoms with E-state index in [0.29, 0.717) is 135 Å². The zero-order valence-corrected chi connectivity index (χ0v) is 49.1. The molecule has 87 heavy (non-hydrogen) atoms. The standard InChI is InChI=1S/C62H62FN11O11S2/c1-39-18-20-48(57(77)64-39)74-58(78)44-12-5-14-50(54(44)59(74)79)85-34-33-82-31-32-83-38-42-36-73(69-68-42)24-7-17-53(75)71-28-26-70(27-29-71)23-6-9-40-19-21-49(46(63)35-40)84-30-8-16-52-55(60(80)81)66-62(87-52)72-25-22-41-10-4-11-43(45(41)37-72)56(76)67-61-65-47-13-2-3-15-51(47)86-61/h2-5,10-15,19,21,35-36,48H,1,7-8,16-18,20,22-34,37-38H2,(H,64,77)(H,80,81)(H,65,67,76). The number of para-hydroxylation sites is 1. The quantitative estimate of drug-likeness (QED) is 0.0313. The molecule has 0 radical (unpaired) electrons. The number of piperazine rings is 1. The molecule has 0 spiro atoms. The fourth-order valence-electron chi connectivity index (χ4n) is 10.7. The number of fused-ring (bicyclic) bond motifs is 3. The first-order chi connectivity index (χ1) is 42.3. The number of aromatic carboxylic acids is 1. The number of imide groups is 1. The van der Waals surface area contributed by atoms with Crippen molar-refractivity contribution in [3.05, 3.63) is 153 Å². The maximum Gasteiger partial charge on any atom is 0.355 e. The van der Waals surface area contributed by atoms with Gasteiger partial charge in [0.2, 0.25) is 11.8 Å². The predicted octanol–water partition coefficient (Wildman–Crippen LogP) is 6.98. The summed E-state index contributed by atoms with van der Waals surface area (Å²) in [7, 11) is 0. The van der Waals surface area contributed by atoms with Gasteiger partial charge in [-0.2, -0.15) is 0 Å². The molecule has 450 valence electrons. The molecule has 4 aliphatic rings. The van der Waals surface area contributed by atoms with Crippen LogP contribution in [-0.2, 0) is 51.6 Å². The Hall–Kier alpha value is -8.93. The van der Waals surface area contributed by atoms with Crippen molar-refractivity contribution < 1.29 is 57.2 Å². The van der Waals surface area contributed by atoms with Gasteiger partial charge in [-0.3, -0.25) is 43.8 Å². The van der Waals surface area contributed by atoms with Gasteiger partial charge in [-0.25, -0.2) is 19.2 Å². The minimum Gasteiger partial charge on any atom is -0.491 e. The van der Waals surface area contributed by atoms with Crippen molar-refractivity contribution in [2.24, 2.45) is 0 Å². The number of rotatable bonds is 24. The number of halogens is 1. The van der Waals surface area contributed by atoms with Gasteiger partial charge < -0.3 is 39.2 Å². The van der Waals surface area contributed by atoms with Gasteiger partial charge in [0, 0.05) is 73.9 Å². The summed E-state index contributed by atoms with van der Waals surface area (Å²) in [4.78, 5) is 94.7. The average molecular weight is 1220 g/mol. The monoisotopic (exact) mass is 1220 g/mol. The topological polar surface area (TPSA) is 253 Å². The van der Waals surface area contributed by atoms with Crippen molar-refractivity contribution in [3.63, 3.8) is 0 Å². The zero-order chi connectivity index (χ0) is 60.4. The number of piperidine rings is 1. The number of aryl methyl sites for hydroxylation is 2. The number of benzene rings is 4. The summed E-state index contributed by atoms with van der Waals surface area (Å²) < 4.78 is 40.9. The maximum absolute atomic E-state index is 15.2. The lowest BCUT2D eigenvalue weighted by Gasteiger charge is -2.33. The van der Waals surface area contributed by atoms with E-state index in [0.717, 1.165) is 26.2 Å². The lowest BCUT2D eigenvalue weighted by atomic mass is 9.94. The number of ether oxygens (including phenoxy) is 4. The summed E-state index contributed by atoms with van der Waals surface area (Å²) in [5.41, 5.74) is 5.23. The molecule has 7 heterocycles. The molecule has 2 fully saturated rings. The molecule has 4 aromatic carbocycles. The van der Waals surface area contributed by atoms with E-state index in [1.54, 1.807) is 47.3 Å². The average Bonchev–Trinajstić information content (AvgIpc) is 1.87. The number of carbonyl (C=O) groups excluding carboxylic acids is 5. The molecule has 7 aromatic rings. The Morgan fingerprint density at radius 1 is 0.851 bits per heavy atom.